The van der Waals surface area contributed by atoms with Crippen molar-refractivity contribution in [3.63, 3.8) is 0 Å². The lowest BCUT2D eigenvalue weighted by atomic mass is 9.92. The monoisotopic (exact) mass is 209 g/mol. The molecule has 1 aliphatic rings. The Kier molecular flexibility index (Phi) is 3.12. The summed E-state index contributed by atoms with van der Waals surface area (Å²) in [4.78, 5) is 0. The molecule has 0 aliphatic heterocycles. The predicted octanol–water partition coefficient (Wildman–Crippen LogP) is 1.72. The molecule has 0 saturated carbocycles. The summed E-state index contributed by atoms with van der Waals surface area (Å²) in [5, 5.41) is 13.0. The largest absolute Gasteiger partial charge is 0.466 e. The van der Waals surface area contributed by atoms with Crippen molar-refractivity contribution >= 4 is 0 Å². The second-order valence-electron chi connectivity index (χ2n) is 4.25. The van der Waals surface area contributed by atoms with E-state index in [1.54, 1.807) is 0 Å². The molecule has 84 valence electrons. The van der Waals surface area contributed by atoms with E-state index >= 15 is 0 Å². The van der Waals surface area contributed by atoms with Crippen LogP contribution >= 0.6 is 0 Å². The molecule has 0 fully saturated rings. The summed E-state index contributed by atoms with van der Waals surface area (Å²) in [6, 6.07) is 0. The van der Waals surface area contributed by atoms with Gasteiger partial charge < -0.3 is 14.8 Å². The van der Waals surface area contributed by atoms with Gasteiger partial charge in [-0.25, -0.2) is 0 Å². The number of furan rings is 1. The first-order valence-corrected chi connectivity index (χ1v) is 5.67. The first-order chi connectivity index (χ1) is 7.24. The van der Waals surface area contributed by atoms with Crippen LogP contribution in [0.3, 0.4) is 0 Å². The number of aliphatic hydroxyl groups is 1. The molecule has 0 aromatic carbocycles. The molecule has 2 N–H and O–H groups in total. The second-order valence-corrected chi connectivity index (χ2v) is 4.25. The molecule has 3 nitrogen and oxygen atoms in total. The van der Waals surface area contributed by atoms with E-state index < -0.39 is 6.10 Å². The van der Waals surface area contributed by atoms with Crippen LogP contribution in [0.25, 0.3) is 0 Å². The first kappa shape index (κ1) is 10.7. The van der Waals surface area contributed by atoms with Crippen LogP contribution in [0.4, 0.5) is 0 Å². The van der Waals surface area contributed by atoms with Crippen molar-refractivity contribution in [2.45, 2.75) is 38.7 Å². The van der Waals surface area contributed by atoms with E-state index in [1.165, 1.54) is 18.4 Å². The van der Waals surface area contributed by atoms with Gasteiger partial charge in [0.05, 0.1) is 6.10 Å². The Morgan fingerprint density at radius 1 is 1.40 bits per heavy atom. The van der Waals surface area contributed by atoms with Gasteiger partial charge in [0.1, 0.15) is 11.5 Å². The van der Waals surface area contributed by atoms with Crippen LogP contribution in [0.1, 0.15) is 41.6 Å². The van der Waals surface area contributed by atoms with Gasteiger partial charge in [0.25, 0.3) is 0 Å². The SMILES string of the molecule is CNCC(O)c1c(C)oc2c1CCCC2. The maximum absolute atomic E-state index is 10.0. The summed E-state index contributed by atoms with van der Waals surface area (Å²) < 4.78 is 5.72. The Morgan fingerprint density at radius 3 is 2.87 bits per heavy atom. The number of fused-ring (bicyclic) bond motifs is 1. The Bertz CT molecular complexity index is 344. The minimum Gasteiger partial charge on any atom is -0.466 e. The van der Waals surface area contributed by atoms with Crippen molar-refractivity contribution in [2.24, 2.45) is 0 Å². The summed E-state index contributed by atoms with van der Waals surface area (Å²) in [6.45, 7) is 2.54. The van der Waals surface area contributed by atoms with E-state index in [9.17, 15) is 5.11 Å². The molecular formula is C12H19NO2. The number of aliphatic hydroxyl groups excluding tert-OH is 1. The maximum Gasteiger partial charge on any atom is 0.107 e. The van der Waals surface area contributed by atoms with Gasteiger partial charge in [0.15, 0.2) is 0 Å². The fourth-order valence-corrected chi connectivity index (χ4v) is 2.46. The molecule has 1 heterocycles. The highest BCUT2D eigenvalue weighted by atomic mass is 16.3. The minimum absolute atomic E-state index is 0.430. The van der Waals surface area contributed by atoms with Gasteiger partial charge in [0.2, 0.25) is 0 Å². The van der Waals surface area contributed by atoms with Gasteiger partial charge in [-0.05, 0) is 38.8 Å². The molecule has 0 amide bonds. The topological polar surface area (TPSA) is 45.4 Å². The summed E-state index contributed by atoms with van der Waals surface area (Å²) in [5.74, 6) is 1.99. The minimum atomic E-state index is -0.430. The quantitative estimate of drug-likeness (QED) is 0.796. The number of hydrogen-bond acceptors (Lipinski definition) is 3. The highest BCUT2D eigenvalue weighted by Crippen LogP contribution is 2.33. The highest BCUT2D eigenvalue weighted by Gasteiger charge is 2.24. The molecule has 1 unspecified atom stereocenters. The molecule has 1 aromatic heterocycles. The van der Waals surface area contributed by atoms with Crippen LogP contribution < -0.4 is 5.32 Å². The molecule has 2 rings (SSSR count). The van der Waals surface area contributed by atoms with E-state index in [4.69, 9.17) is 4.42 Å². The van der Waals surface area contributed by atoms with E-state index in [1.807, 2.05) is 14.0 Å². The summed E-state index contributed by atoms with van der Waals surface area (Å²) in [5.41, 5.74) is 2.29. The van der Waals surface area contributed by atoms with Crippen LogP contribution in [-0.2, 0) is 12.8 Å². The van der Waals surface area contributed by atoms with E-state index in [0.717, 1.165) is 29.9 Å². The van der Waals surface area contributed by atoms with Gasteiger partial charge >= 0.3 is 0 Å². The van der Waals surface area contributed by atoms with Gasteiger partial charge in [-0.2, -0.15) is 0 Å². The van der Waals surface area contributed by atoms with Crippen LogP contribution in [0.2, 0.25) is 0 Å². The van der Waals surface area contributed by atoms with Crippen LogP contribution in [0.5, 0.6) is 0 Å². The highest BCUT2D eigenvalue weighted by molar-refractivity contribution is 5.36. The van der Waals surface area contributed by atoms with E-state index in [2.05, 4.69) is 5.32 Å². The first-order valence-electron chi connectivity index (χ1n) is 5.67. The van der Waals surface area contributed by atoms with Crippen molar-refractivity contribution in [1.82, 2.24) is 5.32 Å². The zero-order chi connectivity index (χ0) is 10.8. The fourth-order valence-electron chi connectivity index (χ4n) is 2.46. The molecule has 15 heavy (non-hydrogen) atoms. The molecule has 0 spiro atoms. The summed E-state index contributed by atoms with van der Waals surface area (Å²) >= 11 is 0. The number of likely N-dealkylation sites (N-methyl/N-ethyl adjacent to an activating group) is 1. The smallest absolute Gasteiger partial charge is 0.107 e. The molecule has 0 radical (unpaired) electrons. The Morgan fingerprint density at radius 2 is 2.13 bits per heavy atom. The van der Waals surface area contributed by atoms with Gasteiger partial charge in [-0.15, -0.1) is 0 Å². The fraction of sp³-hybridized carbons (Fsp3) is 0.667. The molecule has 1 atom stereocenters. The number of rotatable bonds is 3. The van der Waals surface area contributed by atoms with Crippen molar-refractivity contribution in [3.05, 3.63) is 22.6 Å². The number of aryl methyl sites for hydroxylation is 2. The van der Waals surface area contributed by atoms with Crippen molar-refractivity contribution in [2.75, 3.05) is 13.6 Å². The molecular weight excluding hydrogens is 190 g/mol. The Hall–Kier alpha value is -0.800. The van der Waals surface area contributed by atoms with Crippen molar-refractivity contribution < 1.29 is 9.52 Å². The zero-order valence-corrected chi connectivity index (χ0v) is 9.47. The number of nitrogens with one attached hydrogen (secondary N) is 1. The van der Waals surface area contributed by atoms with Crippen molar-refractivity contribution in [3.8, 4) is 0 Å². The summed E-state index contributed by atoms with van der Waals surface area (Å²) in [7, 11) is 1.85. The predicted molar refractivity (Wildman–Crippen MR) is 59.0 cm³/mol. The zero-order valence-electron chi connectivity index (χ0n) is 9.47. The van der Waals surface area contributed by atoms with Gasteiger partial charge in [-0.3, -0.25) is 0 Å². The normalized spacial score (nSPS) is 17.5. The average molecular weight is 209 g/mol. The van der Waals surface area contributed by atoms with Crippen molar-refractivity contribution in [1.29, 1.82) is 0 Å². The Labute approximate surface area is 90.5 Å². The lowest BCUT2D eigenvalue weighted by Gasteiger charge is -2.14. The molecule has 3 heteroatoms. The molecule has 0 bridgehead atoms. The van der Waals surface area contributed by atoms with E-state index in [0.29, 0.717) is 6.54 Å². The molecule has 1 aliphatic carbocycles. The molecule has 1 aromatic rings. The van der Waals surface area contributed by atoms with Crippen LogP contribution in [0, 0.1) is 6.92 Å². The second kappa shape index (κ2) is 4.37. The Balaban J connectivity index is 2.32. The lowest BCUT2D eigenvalue weighted by Crippen LogP contribution is -2.18. The van der Waals surface area contributed by atoms with Gasteiger partial charge in [-0.1, -0.05) is 0 Å². The molecule has 0 saturated heterocycles. The van der Waals surface area contributed by atoms with Crippen LogP contribution in [0.15, 0.2) is 4.42 Å². The van der Waals surface area contributed by atoms with Gasteiger partial charge in [0, 0.05) is 18.5 Å². The lowest BCUT2D eigenvalue weighted by molar-refractivity contribution is 0.175. The van der Waals surface area contributed by atoms with E-state index in [-0.39, 0.29) is 0 Å². The third-order valence-corrected chi connectivity index (χ3v) is 3.13. The average Bonchev–Trinajstić information content (AvgIpc) is 2.54. The number of hydrogen-bond donors (Lipinski definition) is 2. The van der Waals surface area contributed by atoms with Crippen LogP contribution in [-0.4, -0.2) is 18.7 Å². The maximum atomic E-state index is 10.0. The standard InChI is InChI=1S/C12H19NO2/c1-8-12(10(14)7-13-2)9-5-3-4-6-11(9)15-8/h10,13-14H,3-7H2,1-2H3. The third kappa shape index (κ3) is 1.94. The third-order valence-electron chi connectivity index (χ3n) is 3.13. The summed E-state index contributed by atoms with van der Waals surface area (Å²) in [6.07, 6.45) is 4.08.